The zero-order valence-electron chi connectivity index (χ0n) is 8.18. The van der Waals surface area contributed by atoms with Gasteiger partial charge >= 0.3 is 0 Å². The predicted octanol–water partition coefficient (Wildman–Crippen LogP) is 2.45. The molecular weight excluding hydrogens is 253 g/mol. The normalized spacial score (nSPS) is 9.40. The second kappa shape index (κ2) is 6.29. The minimum Gasteiger partial charge on any atom is -0.438 e. The minimum atomic E-state index is 0. The van der Waals surface area contributed by atoms with E-state index >= 15 is 0 Å². The summed E-state index contributed by atoms with van der Waals surface area (Å²) in [6.07, 6.45) is 1.72. The Morgan fingerprint density at radius 1 is 1.27 bits per heavy atom. The number of fused-ring (bicyclic) bond motifs is 1. The number of ether oxygens (including phenoxy) is 1. The molecule has 15 heavy (non-hydrogen) atoms. The number of hydrogen-bond acceptors (Lipinski definition) is 3. The van der Waals surface area contributed by atoms with Crippen LogP contribution in [0.4, 0.5) is 0 Å². The molecule has 0 amide bonds. The van der Waals surface area contributed by atoms with Crippen LogP contribution >= 0.6 is 24.8 Å². The Morgan fingerprint density at radius 3 is 2.73 bits per heavy atom. The third kappa shape index (κ3) is 3.49. The van der Waals surface area contributed by atoms with E-state index in [2.05, 4.69) is 17.6 Å². The van der Waals surface area contributed by atoms with Gasteiger partial charge in [-0.2, -0.15) is 0 Å². The molecule has 0 fully saturated rings. The van der Waals surface area contributed by atoms with Crippen LogP contribution in [0.3, 0.4) is 0 Å². The topological polar surface area (TPSA) is 22.1 Å². The summed E-state index contributed by atoms with van der Waals surface area (Å²) in [4.78, 5) is 4.22. The summed E-state index contributed by atoms with van der Waals surface area (Å²) in [7, 11) is 0. The number of rotatable bonds is 1. The molecule has 0 bridgehead atoms. The largest absolute Gasteiger partial charge is 0.438 e. The van der Waals surface area contributed by atoms with Gasteiger partial charge in [-0.05, 0) is 24.4 Å². The minimum absolute atomic E-state index is 0. The number of thiocarbonyl (C=S) groups is 1. The van der Waals surface area contributed by atoms with Gasteiger partial charge in [0.15, 0.2) is 5.75 Å². The Hall–Kier alpha value is 0.506. The fourth-order valence-corrected chi connectivity index (χ4v) is 1.44. The first-order valence-corrected chi connectivity index (χ1v) is 4.87. The maximum absolute atomic E-state index is 5.26. The number of para-hydroxylation sites is 1. The van der Waals surface area contributed by atoms with Crippen molar-refractivity contribution in [2.24, 2.45) is 0 Å². The summed E-state index contributed by atoms with van der Waals surface area (Å²) in [5.74, 6) is 0.642. The first-order valence-electron chi connectivity index (χ1n) is 4.02. The molecule has 71 valence electrons. The van der Waals surface area contributed by atoms with Crippen LogP contribution in [-0.2, 0) is 0 Å². The van der Waals surface area contributed by atoms with Crippen LogP contribution < -0.4 is 4.74 Å². The molecule has 1 aromatic heterocycles. The number of aromatic nitrogens is 1. The summed E-state index contributed by atoms with van der Waals surface area (Å²) in [6, 6.07) is 9.53. The molecule has 1 heterocycles. The Balaban J connectivity index is 0.00000112. The Labute approximate surface area is 141 Å². The summed E-state index contributed by atoms with van der Waals surface area (Å²) in [5, 5.41) is 1.02. The Morgan fingerprint density at radius 2 is 2.00 bits per heavy atom. The molecule has 0 unspecified atom stereocenters. The molecule has 0 aliphatic rings. The zero-order valence-corrected chi connectivity index (χ0v) is 13.0. The van der Waals surface area contributed by atoms with Gasteiger partial charge in [0.1, 0.15) is 5.52 Å². The molecule has 0 saturated carbocycles. The quantitative estimate of drug-likeness (QED) is 0.484. The van der Waals surface area contributed by atoms with Crippen molar-refractivity contribution in [3.63, 3.8) is 0 Å². The summed E-state index contributed by atoms with van der Waals surface area (Å²) < 4.78 is 5.46. The molecule has 0 atom stereocenters. The average molecular weight is 260 g/mol. The van der Waals surface area contributed by atoms with E-state index in [9.17, 15) is 0 Å². The molecule has 0 saturated heterocycles. The number of nitrogens with zero attached hydrogens (tertiary/aromatic N) is 1. The summed E-state index contributed by atoms with van der Waals surface area (Å²) >= 11 is 8.67. The fraction of sp³-hybridized carbons (Fsp3) is 0. The number of hydrogen-bond donors (Lipinski definition) is 1. The fourth-order valence-electron chi connectivity index (χ4n) is 1.25. The van der Waals surface area contributed by atoms with Gasteiger partial charge in [0, 0.05) is 63.0 Å². The maximum atomic E-state index is 5.26. The summed E-state index contributed by atoms with van der Waals surface area (Å²) in [6.45, 7) is 0. The van der Waals surface area contributed by atoms with Crippen LogP contribution in [0.1, 0.15) is 0 Å². The van der Waals surface area contributed by atoms with Crippen LogP contribution in [0.5, 0.6) is 5.75 Å². The van der Waals surface area contributed by atoms with Crippen molar-refractivity contribution in [3.8, 4) is 5.75 Å². The standard InChI is InChI=1S/C10H7NOS2.K/c13-10(14)12-8-5-1-3-7-4-2-6-11-9(7)8;/h1-6H,(H,13,14);. The van der Waals surface area contributed by atoms with E-state index in [-0.39, 0.29) is 55.8 Å². The van der Waals surface area contributed by atoms with Crippen molar-refractivity contribution in [3.05, 3.63) is 36.5 Å². The molecule has 0 N–H and O–H groups in total. The molecule has 2 aromatic rings. The summed E-state index contributed by atoms with van der Waals surface area (Å²) in [5.41, 5.74) is 0.798. The first kappa shape index (κ1) is 13.6. The van der Waals surface area contributed by atoms with Crippen molar-refractivity contribution in [2.75, 3.05) is 0 Å². The van der Waals surface area contributed by atoms with Gasteiger partial charge in [-0.25, -0.2) is 0 Å². The number of thiol groups is 1. The van der Waals surface area contributed by atoms with Crippen LogP contribution in [-0.4, -0.2) is 60.8 Å². The van der Waals surface area contributed by atoms with Gasteiger partial charge in [-0.3, -0.25) is 4.98 Å². The molecule has 1 aromatic carbocycles. The molecule has 5 heteroatoms. The smallest absolute Gasteiger partial charge is 0.222 e. The van der Waals surface area contributed by atoms with Crippen LogP contribution in [0.2, 0.25) is 0 Å². The molecule has 0 aliphatic heterocycles. The molecule has 2 rings (SSSR count). The van der Waals surface area contributed by atoms with E-state index in [1.807, 2.05) is 30.3 Å². The van der Waals surface area contributed by atoms with Crippen molar-refractivity contribution < 1.29 is 4.74 Å². The van der Waals surface area contributed by atoms with Crippen LogP contribution in [0.15, 0.2) is 36.5 Å². The third-order valence-corrected chi connectivity index (χ3v) is 1.97. The van der Waals surface area contributed by atoms with E-state index in [4.69, 9.17) is 17.0 Å². The van der Waals surface area contributed by atoms with E-state index in [1.54, 1.807) is 6.20 Å². The van der Waals surface area contributed by atoms with Crippen LogP contribution in [0, 0.1) is 0 Å². The Kier molecular flexibility index (Phi) is 5.69. The third-order valence-electron chi connectivity index (χ3n) is 1.79. The van der Waals surface area contributed by atoms with Gasteiger partial charge < -0.3 is 4.74 Å². The molecule has 1 radical (unpaired) electrons. The molecular formula is C10H7KNOS2. The zero-order chi connectivity index (χ0) is 9.97. The Bertz CT molecular complexity index is 484. The average Bonchev–Trinajstić information content (AvgIpc) is 2.18. The maximum Gasteiger partial charge on any atom is 0.222 e. The van der Waals surface area contributed by atoms with Crippen molar-refractivity contribution in [1.82, 2.24) is 4.98 Å². The van der Waals surface area contributed by atoms with Crippen molar-refractivity contribution in [2.45, 2.75) is 0 Å². The molecule has 0 aliphatic carbocycles. The predicted molar refractivity (Wildman–Crippen MR) is 69.7 cm³/mol. The molecule has 2 nitrogen and oxygen atoms in total. The van der Waals surface area contributed by atoms with E-state index in [0.717, 1.165) is 10.9 Å². The van der Waals surface area contributed by atoms with Crippen molar-refractivity contribution >= 4 is 91.5 Å². The number of benzene rings is 1. The van der Waals surface area contributed by atoms with Gasteiger partial charge in [-0.1, -0.05) is 30.8 Å². The second-order valence-corrected chi connectivity index (χ2v) is 3.78. The van der Waals surface area contributed by atoms with Gasteiger partial charge in [0.05, 0.1) is 0 Å². The molecule has 0 spiro atoms. The van der Waals surface area contributed by atoms with Crippen molar-refractivity contribution in [1.29, 1.82) is 0 Å². The van der Waals surface area contributed by atoms with Crippen LogP contribution in [0.25, 0.3) is 10.9 Å². The number of pyridine rings is 1. The van der Waals surface area contributed by atoms with Gasteiger partial charge in [0.25, 0.3) is 0 Å². The SMILES string of the molecule is S=C(S)Oc1cccc2cccnc12.[K]. The van der Waals surface area contributed by atoms with E-state index in [1.165, 1.54) is 0 Å². The van der Waals surface area contributed by atoms with E-state index < -0.39 is 0 Å². The van der Waals surface area contributed by atoms with Gasteiger partial charge in [-0.15, -0.1) is 0 Å². The monoisotopic (exact) mass is 260 g/mol. The van der Waals surface area contributed by atoms with E-state index in [0.29, 0.717) is 5.75 Å². The first-order chi connectivity index (χ1) is 6.77. The second-order valence-electron chi connectivity index (χ2n) is 2.70. The van der Waals surface area contributed by atoms with Gasteiger partial charge in [0.2, 0.25) is 4.38 Å².